The smallest absolute Gasteiger partial charge is 0.156 e. The Morgan fingerprint density at radius 3 is 2.18 bits per heavy atom. The Balaban J connectivity index is 0.00000172. The molecule has 210 valence electrons. The van der Waals surface area contributed by atoms with E-state index in [9.17, 15) is 4.79 Å². The van der Waals surface area contributed by atoms with Gasteiger partial charge in [0, 0.05) is 29.3 Å². The zero-order valence-corrected chi connectivity index (χ0v) is 26.2. The largest absolute Gasteiger partial charge is 0.380 e. The molecule has 0 spiro atoms. The SMILES string of the molecule is C=C1CCC(C(C)=O)=C(/C=C(\C)c2nc3ccc(NC(C)(C)C)cc3c(CC)c2CC)C1OC.CC.CC. The summed E-state index contributed by atoms with van der Waals surface area (Å²) in [7, 11) is 1.69. The van der Waals surface area contributed by atoms with Crippen LogP contribution >= 0.6 is 0 Å². The lowest BCUT2D eigenvalue weighted by Crippen LogP contribution is -2.25. The number of methoxy groups -OCH3 is 1. The Morgan fingerprint density at radius 2 is 1.68 bits per heavy atom. The predicted octanol–water partition coefficient (Wildman–Crippen LogP) is 9.28. The highest BCUT2D eigenvalue weighted by Gasteiger charge is 2.27. The summed E-state index contributed by atoms with van der Waals surface area (Å²) in [6, 6.07) is 6.45. The number of aryl methyl sites for hydroxylation is 1. The first-order chi connectivity index (χ1) is 18.0. The zero-order chi connectivity index (χ0) is 29.2. The molecule has 0 bridgehead atoms. The highest BCUT2D eigenvalue weighted by Crippen LogP contribution is 2.35. The summed E-state index contributed by atoms with van der Waals surface area (Å²) in [4.78, 5) is 17.6. The number of carbonyl (C=O) groups excluding carboxylic acids is 1. The van der Waals surface area contributed by atoms with Crippen molar-refractivity contribution in [2.75, 3.05) is 12.4 Å². The first-order valence-electron chi connectivity index (χ1n) is 14.4. The molecular formula is C34H52N2O2. The first kappa shape index (κ1) is 33.3. The molecule has 1 aliphatic carbocycles. The summed E-state index contributed by atoms with van der Waals surface area (Å²) in [6.45, 7) is 26.9. The van der Waals surface area contributed by atoms with Crippen molar-refractivity contribution in [2.45, 2.75) is 113 Å². The minimum absolute atomic E-state index is 0.00955. The number of anilines is 1. The van der Waals surface area contributed by atoms with Gasteiger partial charge in [-0.15, -0.1) is 0 Å². The molecule has 1 aliphatic rings. The number of pyridine rings is 1. The predicted molar refractivity (Wildman–Crippen MR) is 167 cm³/mol. The molecule has 4 heteroatoms. The highest BCUT2D eigenvalue weighted by atomic mass is 16.5. The van der Waals surface area contributed by atoms with E-state index in [1.165, 1.54) is 16.5 Å². The van der Waals surface area contributed by atoms with E-state index in [0.29, 0.717) is 6.42 Å². The molecule has 0 radical (unpaired) electrons. The molecule has 0 aliphatic heterocycles. The molecule has 4 nitrogen and oxygen atoms in total. The number of allylic oxidation sites excluding steroid dienone is 2. The van der Waals surface area contributed by atoms with Gasteiger partial charge in [0.1, 0.15) is 6.10 Å². The van der Waals surface area contributed by atoms with Crippen LogP contribution in [-0.2, 0) is 22.4 Å². The molecule has 0 amide bonds. The third kappa shape index (κ3) is 7.89. The molecule has 1 heterocycles. The molecular weight excluding hydrogens is 468 g/mol. The molecule has 1 unspecified atom stereocenters. The maximum absolute atomic E-state index is 12.4. The monoisotopic (exact) mass is 520 g/mol. The number of nitrogens with one attached hydrogen (secondary N) is 1. The molecule has 1 aromatic heterocycles. The quantitative estimate of drug-likeness (QED) is 0.370. The normalized spacial score (nSPS) is 15.9. The van der Waals surface area contributed by atoms with Gasteiger partial charge >= 0.3 is 0 Å². The van der Waals surface area contributed by atoms with E-state index in [1.807, 2.05) is 27.7 Å². The molecule has 3 rings (SSSR count). The lowest BCUT2D eigenvalue weighted by molar-refractivity contribution is -0.113. The van der Waals surface area contributed by atoms with E-state index in [2.05, 4.69) is 77.7 Å². The lowest BCUT2D eigenvalue weighted by Gasteiger charge is -2.28. The van der Waals surface area contributed by atoms with E-state index in [0.717, 1.165) is 58.5 Å². The van der Waals surface area contributed by atoms with Gasteiger partial charge in [-0.1, -0.05) is 54.2 Å². The number of rotatable bonds is 7. The summed E-state index contributed by atoms with van der Waals surface area (Å²) >= 11 is 0. The molecule has 1 atom stereocenters. The van der Waals surface area contributed by atoms with E-state index in [4.69, 9.17) is 9.72 Å². The molecule has 1 N–H and O–H groups in total. The lowest BCUT2D eigenvalue weighted by atomic mass is 9.83. The Labute approximate surface area is 232 Å². The van der Waals surface area contributed by atoms with Crippen molar-refractivity contribution < 1.29 is 9.53 Å². The van der Waals surface area contributed by atoms with Gasteiger partial charge in [-0.3, -0.25) is 4.79 Å². The molecule has 38 heavy (non-hydrogen) atoms. The fourth-order valence-electron chi connectivity index (χ4n) is 5.07. The highest BCUT2D eigenvalue weighted by molar-refractivity contribution is 5.96. The van der Waals surface area contributed by atoms with Gasteiger partial charge in [-0.2, -0.15) is 0 Å². The van der Waals surface area contributed by atoms with Gasteiger partial charge in [-0.05, 0) is 106 Å². The first-order valence-corrected chi connectivity index (χ1v) is 14.4. The van der Waals surface area contributed by atoms with Gasteiger partial charge in [0.25, 0.3) is 0 Å². The number of fused-ring (bicyclic) bond motifs is 1. The van der Waals surface area contributed by atoms with Crippen LogP contribution in [0.15, 0.2) is 47.6 Å². The second-order valence-electron chi connectivity index (χ2n) is 10.3. The average molecular weight is 521 g/mol. The average Bonchev–Trinajstić information content (AvgIpc) is 2.88. The molecule has 0 fully saturated rings. The number of nitrogens with zero attached hydrogens (tertiary/aromatic N) is 1. The van der Waals surface area contributed by atoms with Crippen molar-refractivity contribution in [1.82, 2.24) is 4.98 Å². The van der Waals surface area contributed by atoms with E-state index in [-0.39, 0.29) is 17.4 Å². The van der Waals surface area contributed by atoms with Crippen LogP contribution in [0, 0.1) is 0 Å². The third-order valence-electron chi connectivity index (χ3n) is 6.53. The number of benzene rings is 1. The van der Waals surface area contributed by atoms with Crippen molar-refractivity contribution in [3.63, 3.8) is 0 Å². The molecule has 2 aromatic rings. The Kier molecular flexibility index (Phi) is 13.2. The van der Waals surface area contributed by atoms with Crippen molar-refractivity contribution >= 4 is 27.9 Å². The standard InChI is InChI=1S/C30H40N2O2.2C2H6/c1-10-22-23(11-2)28(31-27-15-13-21(17-25(22)27)32-30(6,7)8)19(4)16-26-24(20(5)33)14-12-18(3)29(26)34-9;2*1-2/h13,15-17,29,32H,3,10-12,14H2,1-2,4-9H3;2*1-2H3/b19-16+;;. The molecule has 1 aromatic carbocycles. The maximum Gasteiger partial charge on any atom is 0.156 e. The third-order valence-corrected chi connectivity index (χ3v) is 6.53. The Morgan fingerprint density at radius 1 is 1.08 bits per heavy atom. The van der Waals surface area contributed by atoms with Crippen molar-refractivity contribution in [3.8, 4) is 0 Å². The van der Waals surface area contributed by atoms with Crippen LogP contribution < -0.4 is 5.32 Å². The number of hydrogen-bond donors (Lipinski definition) is 1. The fourth-order valence-corrected chi connectivity index (χ4v) is 5.07. The van der Waals surface area contributed by atoms with Crippen LogP contribution in [0.3, 0.4) is 0 Å². The number of Topliss-reactive ketones (excluding diaryl/α,β-unsaturated/α-hetero) is 1. The van der Waals surface area contributed by atoms with Crippen LogP contribution in [-0.4, -0.2) is 29.5 Å². The minimum Gasteiger partial charge on any atom is -0.380 e. The summed E-state index contributed by atoms with van der Waals surface area (Å²) in [5.74, 6) is 0.101. The Hall–Kier alpha value is -2.72. The number of aromatic nitrogens is 1. The van der Waals surface area contributed by atoms with Crippen LogP contribution in [0.25, 0.3) is 16.5 Å². The summed E-state index contributed by atoms with van der Waals surface area (Å²) < 4.78 is 5.78. The number of hydrogen-bond acceptors (Lipinski definition) is 4. The van der Waals surface area contributed by atoms with E-state index in [1.54, 1.807) is 14.0 Å². The van der Waals surface area contributed by atoms with Crippen molar-refractivity contribution in [1.29, 1.82) is 0 Å². The van der Waals surface area contributed by atoms with Crippen LogP contribution in [0.2, 0.25) is 0 Å². The molecule has 0 saturated carbocycles. The maximum atomic E-state index is 12.4. The summed E-state index contributed by atoms with van der Waals surface area (Å²) in [5.41, 5.74) is 9.54. The van der Waals surface area contributed by atoms with Crippen LogP contribution in [0.1, 0.15) is 106 Å². The second kappa shape index (κ2) is 15.0. The van der Waals surface area contributed by atoms with Gasteiger partial charge in [0.2, 0.25) is 0 Å². The van der Waals surface area contributed by atoms with Crippen LogP contribution in [0.4, 0.5) is 5.69 Å². The van der Waals surface area contributed by atoms with Gasteiger partial charge in [0.05, 0.1) is 11.2 Å². The number of ketones is 1. The second-order valence-corrected chi connectivity index (χ2v) is 10.3. The summed E-state index contributed by atoms with van der Waals surface area (Å²) in [6.07, 6.45) is 5.16. The fraction of sp³-hybridized carbons (Fsp3) is 0.529. The van der Waals surface area contributed by atoms with Gasteiger partial charge in [0.15, 0.2) is 5.78 Å². The number of carbonyl (C=O) groups is 1. The summed E-state index contributed by atoms with van der Waals surface area (Å²) in [5, 5.41) is 4.79. The Bertz CT molecular complexity index is 1180. The van der Waals surface area contributed by atoms with E-state index < -0.39 is 0 Å². The van der Waals surface area contributed by atoms with Crippen LogP contribution in [0.5, 0.6) is 0 Å². The number of ether oxygens (including phenoxy) is 1. The zero-order valence-electron chi connectivity index (χ0n) is 26.2. The topological polar surface area (TPSA) is 51.2 Å². The van der Waals surface area contributed by atoms with Gasteiger partial charge < -0.3 is 10.1 Å². The molecule has 0 saturated heterocycles. The van der Waals surface area contributed by atoms with Crippen molar-refractivity contribution in [2.24, 2.45) is 0 Å². The van der Waals surface area contributed by atoms with Gasteiger partial charge in [-0.25, -0.2) is 4.98 Å². The van der Waals surface area contributed by atoms with Crippen molar-refractivity contribution in [3.05, 3.63) is 64.4 Å². The van der Waals surface area contributed by atoms with E-state index >= 15 is 0 Å². The minimum atomic E-state index is -0.259.